The van der Waals surface area contributed by atoms with Gasteiger partial charge < -0.3 is 5.32 Å². The summed E-state index contributed by atoms with van der Waals surface area (Å²) in [6.45, 7) is 7.57. The van der Waals surface area contributed by atoms with E-state index in [1.165, 1.54) is 6.92 Å². The van der Waals surface area contributed by atoms with Gasteiger partial charge in [-0.3, -0.25) is 14.4 Å². The molecule has 1 amide bonds. The lowest BCUT2D eigenvalue weighted by atomic mass is 9.64. The molecule has 4 heteroatoms. The number of benzene rings is 1. The van der Waals surface area contributed by atoms with E-state index < -0.39 is 10.8 Å². The number of fused-ring (bicyclic) bond motifs is 2. The van der Waals surface area contributed by atoms with Gasteiger partial charge in [0.2, 0.25) is 5.91 Å². The normalized spacial score (nSPS) is 31.2. The summed E-state index contributed by atoms with van der Waals surface area (Å²) in [7, 11) is 0. The molecule has 2 fully saturated rings. The maximum atomic E-state index is 13.0. The topological polar surface area (TPSA) is 63.2 Å². The molecule has 2 bridgehead atoms. The van der Waals surface area contributed by atoms with E-state index in [2.05, 4.69) is 5.32 Å². The predicted molar refractivity (Wildman–Crippen MR) is 88.3 cm³/mol. The van der Waals surface area contributed by atoms with Crippen LogP contribution in [0, 0.1) is 16.2 Å². The van der Waals surface area contributed by atoms with Crippen LogP contribution in [0.3, 0.4) is 0 Å². The fraction of sp³-hybridized carbons (Fsp3) is 0.526. The van der Waals surface area contributed by atoms with Gasteiger partial charge in [-0.2, -0.15) is 0 Å². The van der Waals surface area contributed by atoms with Crippen LogP contribution in [0.2, 0.25) is 0 Å². The summed E-state index contributed by atoms with van der Waals surface area (Å²) in [5.41, 5.74) is -0.241. The summed E-state index contributed by atoms with van der Waals surface area (Å²) >= 11 is 0. The Bertz CT molecular complexity index is 721. The van der Waals surface area contributed by atoms with Gasteiger partial charge >= 0.3 is 0 Å². The standard InChI is InChI=1S/C19H23NO3/c1-12(21)13-6-5-7-14(10-13)20-16(23)19-9-8-18(4,15(22)11-19)17(19,2)3/h5-7,10H,8-9,11H2,1-4H3,(H,20,23)/t18-,19+/m1/s1. The number of anilines is 1. The zero-order valence-electron chi connectivity index (χ0n) is 14.2. The van der Waals surface area contributed by atoms with E-state index in [0.29, 0.717) is 17.7 Å². The summed E-state index contributed by atoms with van der Waals surface area (Å²) < 4.78 is 0. The minimum atomic E-state index is -0.648. The number of carbonyl (C=O) groups is 3. The lowest BCUT2D eigenvalue weighted by Gasteiger charge is -2.38. The molecular weight excluding hydrogens is 290 g/mol. The van der Waals surface area contributed by atoms with Crippen molar-refractivity contribution in [3.8, 4) is 0 Å². The second kappa shape index (κ2) is 4.76. The van der Waals surface area contributed by atoms with Gasteiger partial charge in [0.1, 0.15) is 5.78 Å². The maximum absolute atomic E-state index is 13.0. The van der Waals surface area contributed by atoms with Crippen LogP contribution in [0.1, 0.15) is 57.3 Å². The molecule has 1 N–H and O–H groups in total. The lowest BCUT2D eigenvalue weighted by Crippen LogP contribution is -2.43. The van der Waals surface area contributed by atoms with E-state index in [0.717, 1.165) is 12.8 Å². The molecule has 2 aliphatic carbocycles. The first-order chi connectivity index (χ1) is 10.6. The Balaban J connectivity index is 1.91. The lowest BCUT2D eigenvalue weighted by molar-refractivity contribution is -0.131. The van der Waals surface area contributed by atoms with E-state index in [4.69, 9.17) is 0 Å². The Kier molecular flexibility index (Phi) is 3.29. The summed E-state index contributed by atoms with van der Waals surface area (Å²) in [6, 6.07) is 6.95. The summed E-state index contributed by atoms with van der Waals surface area (Å²) in [5, 5.41) is 2.95. The Morgan fingerprint density at radius 3 is 2.35 bits per heavy atom. The number of rotatable bonds is 3. The molecule has 0 heterocycles. The largest absolute Gasteiger partial charge is 0.326 e. The highest BCUT2D eigenvalue weighted by Gasteiger charge is 2.72. The first kappa shape index (κ1) is 15.9. The quantitative estimate of drug-likeness (QED) is 0.867. The van der Waals surface area contributed by atoms with E-state index in [1.54, 1.807) is 24.3 Å². The Hall–Kier alpha value is -1.97. The minimum absolute atomic E-state index is 0.0379. The second-order valence-corrected chi connectivity index (χ2v) is 7.73. The summed E-state index contributed by atoms with van der Waals surface area (Å²) in [4.78, 5) is 37.0. The SMILES string of the molecule is CC(=O)c1cccc(NC(=O)[C@]23CC[C@](C)(C(=O)C2)C3(C)C)c1. The van der Waals surface area contributed by atoms with Crippen molar-refractivity contribution in [1.29, 1.82) is 0 Å². The average Bonchev–Trinajstić information content (AvgIpc) is 2.78. The van der Waals surface area contributed by atoms with Crippen molar-refractivity contribution in [2.24, 2.45) is 16.2 Å². The molecule has 2 saturated carbocycles. The second-order valence-electron chi connectivity index (χ2n) is 7.73. The Morgan fingerprint density at radius 2 is 1.83 bits per heavy atom. The number of hydrogen-bond donors (Lipinski definition) is 1. The van der Waals surface area contributed by atoms with Crippen molar-refractivity contribution in [3.05, 3.63) is 29.8 Å². The highest BCUT2D eigenvalue weighted by Crippen LogP contribution is 2.70. The maximum Gasteiger partial charge on any atom is 0.231 e. The first-order valence-corrected chi connectivity index (χ1v) is 8.10. The Morgan fingerprint density at radius 1 is 1.13 bits per heavy atom. The molecule has 0 radical (unpaired) electrons. The van der Waals surface area contributed by atoms with Gasteiger partial charge in [-0.15, -0.1) is 0 Å². The van der Waals surface area contributed by atoms with Crippen LogP contribution in [0.5, 0.6) is 0 Å². The van der Waals surface area contributed by atoms with Crippen LogP contribution in [-0.2, 0) is 9.59 Å². The van der Waals surface area contributed by atoms with Crippen molar-refractivity contribution in [2.45, 2.75) is 47.0 Å². The van der Waals surface area contributed by atoms with E-state index in [-0.39, 0.29) is 22.9 Å². The van der Waals surface area contributed by atoms with Gasteiger partial charge in [-0.25, -0.2) is 0 Å². The Labute approximate surface area is 136 Å². The highest BCUT2D eigenvalue weighted by atomic mass is 16.2. The molecule has 0 spiro atoms. The third-order valence-corrected chi connectivity index (χ3v) is 6.67. The first-order valence-electron chi connectivity index (χ1n) is 8.10. The molecule has 1 aromatic rings. The van der Waals surface area contributed by atoms with Gasteiger partial charge in [0.25, 0.3) is 0 Å². The van der Waals surface area contributed by atoms with Crippen LogP contribution >= 0.6 is 0 Å². The third kappa shape index (κ3) is 1.93. The number of amides is 1. The minimum Gasteiger partial charge on any atom is -0.326 e. The number of hydrogen-bond acceptors (Lipinski definition) is 3. The molecule has 2 aliphatic rings. The monoisotopic (exact) mass is 313 g/mol. The molecule has 0 unspecified atom stereocenters. The van der Waals surface area contributed by atoms with E-state index >= 15 is 0 Å². The summed E-state index contributed by atoms with van der Waals surface area (Å²) in [6.07, 6.45) is 1.81. The predicted octanol–water partition coefficient (Wildman–Crippen LogP) is 3.61. The summed E-state index contributed by atoms with van der Waals surface area (Å²) in [5.74, 6) is 0.0586. The van der Waals surface area contributed by atoms with E-state index in [1.807, 2.05) is 20.8 Å². The smallest absolute Gasteiger partial charge is 0.231 e. The van der Waals surface area contributed by atoms with Crippen molar-refractivity contribution in [2.75, 3.05) is 5.32 Å². The number of carbonyl (C=O) groups excluding carboxylic acids is 3. The number of ketones is 2. The number of Topliss-reactive ketones (excluding diaryl/α,β-unsaturated/α-hetero) is 2. The van der Waals surface area contributed by atoms with Crippen molar-refractivity contribution >= 4 is 23.2 Å². The van der Waals surface area contributed by atoms with Crippen LogP contribution in [0.25, 0.3) is 0 Å². The molecule has 3 rings (SSSR count). The van der Waals surface area contributed by atoms with Crippen molar-refractivity contribution < 1.29 is 14.4 Å². The highest BCUT2D eigenvalue weighted by molar-refractivity contribution is 6.05. The molecule has 2 atom stereocenters. The molecule has 1 aromatic carbocycles. The molecule has 23 heavy (non-hydrogen) atoms. The zero-order chi connectivity index (χ0) is 17.0. The van der Waals surface area contributed by atoms with Gasteiger partial charge in [0, 0.05) is 23.1 Å². The third-order valence-electron chi connectivity index (χ3n) is 6.67. The van der Waals surface area contributed by atoms with Gasteiger partial charge in [0.05, 0.1) is 5.41 Å². The van der Waals surface area contributed by atoms with Crippen LogP contribution in [-0.4, -0.2) is 17.5 Å². The van der Waals surface area contributed by atoms with Gasteiger partial charge in [-0.05, 0) is 37.3 Å². The van der Waals surface area contributed by atoms with Crippen molar-refractivity contribution in [3.63, 3.8) is 0 Å². The zero-order valence-corrected chi connectivity index (χ0v) is 14.2. The van der Waals surface area contributed by atoms with Crippen molar-refractivity contribution in [1.82, 2.24) is 0 Å². The fourth-order valence-corrected chi connectivity index (χ4v) is 4.43. The molecule has 0 aliphatic heterocycles. The molecule has 122 valence electrons. The molecular formula is C19H23NO3. The molecule has 0 saturated heterocycles. The average molecular weight is 313 g/mol. The molecule has 0 aromatic heterocycles. The molecule has 4 nitrogen and oxygen atoms in total. The number of nitrogens with one attached hydrogen (secondary N) is 1. The van der Waals surface area contributed by atoms with E-state index in [9.17, 15) is 14.4 Å². The van der Waals surface area contributed by atoms with Crippen LogP contribution < -0.4 is 5.32 Å². The van der Waals surface area contributed by atoms with Gasteiger partial charge in [-0.1, -0.05) is 32.9 Å². The van der Waals surface area contributed by atoms with Crippen LogP contribution in [0.4, 0.5) is 5.69 Å². The van der Waals surface area contributed by atoms with Crippen LogP contribution in [0.15, 0.2) is 24.3 Å². The van der Waals surface area contributed by atoms with Gasteiger partial charge in [0.15, 0.2) is 5.78 Å². The fourth-order valence-electron chi connectivity index (χ4n) is 4.43.